The van der Waals surface area contributed by atoms with E-state index in [1.807, 2.05) is 45.0 Å². The van der Waals surface area contributed by atoms with E-state index in [4.69, 9.17) is 9.47 Å². The molecule has 1 N–H and O–H groups in total. The van der Waals surface area contributed by atoms with Crippen molar-refractivity contribution in [2.24, 2.45) is 0 Å². The number of anilines is 1. The molecule has 7 heteroatoms. The van der Waals surface area contributed by atoms with Crippen molar-refractivity contribution in [2.75, 3.05) is 5.32 Å². The summed E-state index contributed by atoms with van der Waals surface area (Å²) in [4.78, 5) is 28.8. The van der Waals surface area contributed by atoms with E-state index < -0.39 is 5.97 Å². The van der Waals surface area contributed by atoms with Crippen LogP contribution in [0.4, 0.5) is 5.69 Å². The van der Waals surface area contributed by atoms with Gasteiger partial charge in [-0.1, -0.05) is 17.7 Å². The second-order valence-electron chi connectivity index (χ2n) is 7.09. The molecule has 1 heterocycles. The average molecular weight is 425 g/mol. The standard InChI is InChI=1S/C23H24N2O4S/c1-15(2)29-20-10-6-17(7-11-20)23(27)28-13-19-14-30-22(25-19)12-21(26)24-18-8-4-16(3)5-9-18/h4-11,14-15H,12-13H2,1-3H3,(H,24,26). The highest BCUT2D eigenvalue weighted by molar-refractivity contribution is 7.09. The van der Waals surface area contributed by atoms with Gasteiger partial charge in [0.15, 0.2) is 0 Å². The van der Waals surface area contributed by atoms with E-state index in [9.17, 15) is 9.59 Å². The topological polar surface area (TPSA) is 77.5 Å². The van der Waals surface area contributed by atoms with Crippen molar-refractivity contribution in [3.05, 3.63) is 75.7 Å². The molecule has 30 heavy (non-hydrogen) atoms. The number of carbonyl (C=O) groups excluding carboxylic acids is 2. The summed E-state index contributed by atoms with van der Waals surface area (Å²) in [5.41, 5.74) is 2.94. The lowest BCUT2D eigenvalue weighted by Gasteiger charge is -2.09. The van der Waals surface area contributed by atoms with E-state index >= 15 is 0 Å². The fraction of sp³-hybridized carbons (Fsp3) is 0.261. The molecule has 156 valence electrons. The molecule has 6 nitrogen and oxygen atoms in total. The lowest BCUT2D eigenvalue weighted by atomic mass is 10.2. The molecule has 1 amide bonds. The van der Waals surface area contributed by atoms with Crippen LogP contribution in [-0.4, -0.2) is 23.0 Å². The zero-order valence-electron chi connectivity index (χ0n) is 17.2. The third-order valence-corrected chi connectivity index (χ3v) is 4.96. The number of hydrogen-bond acceptors (Lipinski definition) is 6. The minimum atomic E-state index is -0.433. The monoisotopic (exact) mass is 424 g/mol. The maximum absolute atomic E-state index is 12.2. The highest BCUT2D eigenvalue weighted by Crippen LogP contribution is 2.17. The van der Waals surface area contributed by atoms with Crippen LogP contribution in [0.2, 0.25) is 0 Å². The number of rotatable bonds is 8. The van der Waals surface area contributed by atoms with Gasteiger partial charge in [0.2, 0.25) is 5.91 Å². The predicted octanol–water partition coefficient (Wildman–Crippen LogP) is 4.78. The van der Waals surface area contributed by atoms with Crippen molar-refractivity contribution in [1.29, 1.82) is 0 Å². The summed E-state index contributed by atoms with van der Waals surface area (Å²) >= 11 is 1.37. The maximum Gasteiger partial charge on any atom is 0.338 e. The predicted molar refractivity (Wildman–Crippen MR) is 117 cm³/mol. The van der Waals surface area contributed by atoms with Gasteiger partial charge in [-0.05, 0) is 57.2 Å². The Hall–Kier alpha value is -3.19. The summed E-state index contributed by atoms with van der Waals surface area (Å²) in [6.45, 7) is 5.93. The van der Waals surface area contributed by atoms with E-state index in [-0.39, 0.29) is 25.0 Å². The Morgan fingerprint density at radius 3 is 2.43 bits per heavy atom. The molecule has 0 spiro atoms. The van der Waals surface area contributed by atoms with Crippen LogP contribution in [0.25, 0.3) is 0 Å². The molecule has 0 aliphatic heterocycles. The third kappa shape index (κ3) is 6.42. The number of aryl methyl sites for hydroxylation is 1. The van der Waals surface area contributed by atoms with Gasteiger partial charge in [-0.2, -0.15) is 0 Å². The first-order chi connectivity index (χ1) is 14.4. The molecule has 0 saturated heterocycles. The van der Waals surface area contributed by atoms with Crippen LogP contribution in [0.1, 0.15) is 40.5 Å². The highest BCUT2D eigenvalue weighted by Gasteiger charge is 2.12. The molecule has 0 aliphatic rings. The summed E-state index contributed by atoms with van der Waals surface area (Å²) < 4.78 is 10.9. The number of carbonyl (C=O) groups is 2. The molecule has 0 radical (unpaired) electrons. The second kappa shape index (κ2) is 10.0. The SMILES string of the molecule is Cc1ccc(NC(=O)Cc2nc(COC(=O)c3ccc(OC(C)C)cc3)cs2)cc1. The Bertz CT molecular complexity index is 995. The van der Waals surface area contributed by atoms with Gasteiger partial charge in [-0.15, -0.1) is 11.3 Å². The van der Waals surface area contributed by atoms with Crippen LogP contribution in [0.3, 0.4) is 0 Å². The van der Waals surface area contributed by atoms with Crippen LogP contribution in [0.5, 0.6) is 5.75 Å². The summed E-state index contributed by atoms with van der Waals surface area (Å²) in [6, 6.07) is 14.4. The fourth-order valence-corrected chi connectivity index (χ4v) is 3.42. The first-order valence-corrected chi connectivity index (χ1v) is 10.5. The summed E-state index contributed by atoms with van der Waals surface area (Å²) in [5, 5.41) is 5.31. The van der Waals surface area contributed by atoms with E-state index in [1.54, 1.807) is 29.6 Å². The van der Waals surface area contributed by atoms with Gasteiger partial charge in [0.1, 0.15) is 17.4 Å². The summed E-state index contributed by atoms with van der Waals surface area (Å²) in [6.07, 6.45) is 0.240. The van der Waals surface area contributed by atoms with E-state index in [0.29, 0.717) is 22.0 Å². The Morgan fingerprint density at radius 2 is 1.77 bits per heavy atom. The minimum absolute atomic E-state index is 0.0547. The Kier molecular flexibility index (Phi) is 7.19. The molecule has 0 bridgehead atoms. The lowest BCUT2D eigenvalue weighted by Crippen LogP contribution is -2.14. The molecule has 1 aromatic heterocycles. The molecular weight excluding hydrogens is 400 g/mol. The number of nitrogens with zero attached hydrogens (tertiary/aromatic N) is 1. The van der Waals surface area contributed by atoms with Gasteiger partial charge in [-0.25, -0.2) is 9.78 Å². The van der Waals surface area contributed by atoms with Gasteiger partial charge < -0.3 is 14.8 Å². The van der Waals surface area contributed by atoms with Crippen LogP contribution in [-0.2, 0) is 22.6 Å². The molecule has 2 aromatic carbocycles. The normalized spacial score (nSPS) is 10.7. The molecule has 0 aliphatic carbocycles. The number of benzene rings is 2. The molecule has 3 rings (SSSR count). The second-order valence-corrected chi connectivity index (χ2v) is 8.03. The molecule has 0 saturated carbocycles. The van der Waals surface area contributed by atoms with Crippen molar-refractivity contribution in [2.45, 2.75) is 39.9 Å². The number of amides is 1. The van der Waals surface area contributed by atoms with Gasteiger partial charge in [0.05, 0.1) is 23.8 Å². The van der Waals surface area contributed by atoms with Crippen LogP contribution in [0.15, 0.2) is 53.9 Å². The van der Waals surface area contributed by atoms with Crippen LogP contribution >= 0.6 is 11.3 Å². The van der Waals surface area contributed by atoms with Crippen molar-refractivity contribution in [3.63, 3.8) is 0 Å². The van der Waals surface area contributed by atoms with E-state index in [1.165, 1.54) is 11.3 Å². The highest BCUT2D eigenvalue weighted by atomic mass is 32.1. The average Bonchev–Trinajstić information content (AvgIpc) is 3.15. The number of esters is 1. The summed E-state index contributed by atoms with van der Waals surface area (Å²) in [5.74, 6) is 0.132. The number of ether oxygens (including phenoxy) is 2. The quantitative estimate of drug-likeness (QED) is 0.527. The molecule has 0 atom stereocenters. The number of aromatic nitrogens is 1. The minimum Gasteiger partial charge on any atom is -0.491 e. The maximum atomic E-state index is 12.2. The van der Waals surface area contributed by atoms with Gasteiger partial charge in [0, 0.05) is 11.1 Å². The van der Waals surface area contributed by atoms with Gasteiger partial charge >= 0.3 is 5.97 Å². The van der Waals surface area contributed by atoms with Gasteiger partial charge in [0.25, 0.3) is 0 Å². The molecule has 0 unspecified atom stereocenters. The van der Waals surface area contributed by atoms with Crippen molar-refractivity contribution < 1.29 is 19.1 Å². The Balaban J connectivity index is 1.48. The van der Waals surface area contributed by atoms with Gasteiger partial charge in [-0.3, -0.25) is 4.79 Å². The number of thiazole rings is 1. The summed E-state index contributed by atoms with van der Waals surface area (Å²) in [7, 11) is 0. The fourth-order valence-electron chi connectivity index (χ4n) is 2.64. The van der Waals surface area contributed by atoms with Crippen molar-refractivity contribution >= 4 is 28.9 Å². The smallest absolute Gasteiger partial charge is 0.338 e. The lowest BCUT2D eigenvalue weighted by molar-refractivity contribution is -0.115. The third-order valence-electron chi connectivity index (χ3n) is 4.06. The number of nitrogens with one attached hydrogen (secondary N) is 1. The van der Waals surface area contributed by atoms with Crippen LogP contribution in [0, 0.1) is 6.92 Å². The zero-order valence-corrected chi connectivity index (χ0v) is 18.0. The first kappa shape index (κ1) is 21.5. The molecule has 3 aromatic rings. The van der Waals surface area contributed by atoms with Crippen molar-refractivity contribution in [1.82, 2.24) is 4.98 Å². The molecule has 0 fully saturated rings. The van der Waals surface area contributed by atoms with Crippen LogP contribution < -0.4 is 10.1 Å². The zero-order chi connectivity index (χ0) is 21.5. The largest absolute Gasteiger partial charge is 0.491 e. The van der Waals surface area contributed by atoms with Crippen molar-refractivity contribution in [3.8, 4) is 5.75 Å². The van der Waals surface area contributed by atoms with E-state index in [0.717, 1.165) is 11.3 Å². The molecular formula is C23H24N2O4S. The Morgan fingerprint density at radius 1 is 1.07 bits per heavy atom. The van der Waals surface area contributed by atoms with E-state index in [2.05, 4.69) is 10.3 Å². The Labute approximate surface area is 179 Å². The number of hydrogen-bond donors (Lipinski definition) is 1. The first-order valence-electron chi connectivity index (χ1n) is 9.62.